The van der Waals surface area contributed by atoms with Crippen LogP contribution in [0.3, 0.4) is 0 Å². The van der Waals surface area contributed by atoms with Crippen LogP contribution < -0.4 is 10.6 Å². The van der Waals surface area contributed by atoms with Crippen molar-refractivity contribution in [3.05, 3.63) is 0 Å². The van der Waals surface area contributed by atoms with Crippen molar-refractivity contribution in [2.75, 3.05) is 59.6 Å². The molecule has 1 atom stereocenters. The molecule has 0 bridgehead atoms. The first-order valence-corrected chi connectivity index (χ1v) is 8.66. The zero-order chi connectivity index (χ0) is 16.0. The van der Waals surface area contributed by atoms with Gasteiger partial charge in [-0.05, 0) is 38.9 Å². The topological polar surface area (TPSA) is 58.1 Å². The summed E-state index contributed by atoms with van der Waals surface area (Å²) in [5.41, 5.74) is 0. The molecule has 0 amide bonds. The number of ether oxygens (including phenoxy) is 2. The average Bonchev–Trinajstić information content (AvgIpc) is 3.06. The summed E-state index contributed by atoms with van der Waals surface area (Å²) >= 11 is 0. The van der Waals surface area contributed by atoms with Gasteiger partial charge in [0.05, 0.1) is 12.7 Å². The highest BCUT2D eigenvalue weighted by molar-refractivity contribution is 14.0. The van der Waals surface area contributed by atoms with E-state index < -0.39 is 0 Å². The molecule has 0 spiro atoms. The lowest BCUT2D eigenvalue weighted by molar-refractivity contribution is 0.0420. The number of aliphatic imine (C=N–C) groups is 1. The van der Waals surface area contributed by atoms with E-state index in [-0.39, 0.29) is 24.0 Å². The maximum atomic E-state index is 5.74. The summed E-state index contributed by atoms with van der Waals surface area (Å²) in [7, 11) is 1.81. The van der Waals surface area contributed by atoms with Crippen LogP contribution in [-0.4, -0.2) is 76.6 Å². The van der Waals surface area contributed by atoms with Crippen LogP contribution in [0.4, 0.5) is 0 Å². The molecule has 7 heteroatoms. The third kappa shape index (κ3) is 11.1. The van der Waals surface area contributed by atoms with E-state index in [4.69, 9.17) is 9.47 Å². The van der Waals surface area contributed by atoms with Gasteiger partial charge in [0.1, 0.15) is 0 Å². The van der Waals surface area contributed by atoms with Gasteiger partial charge in [-0.2, -0.15) is 0 Å². The Labute approximate surface area is 158 Å². The van der Waals surface area contributed by atoms with E-state index in [0.717, 1.165) is 77.8 Å². The number of guanidine groups is 1. The van der Waals surface area contributed by atoms with Gasteiger partial charge in [0.15, 0.2) is 5.96 Å². The summed E-state index contributed by atoms with van der Waals surface area (Å²) in [6, 6.07) is 0. The van der Waals surface area contributed by atoms with Crippen LogP contribution >= 0.6 is 24.0 Å². The molecule has 0 aliphatic carbocycles. The van der Waals surface area contributed by atoms with Crippen molar-refractivity contribution in [3.8, 4) is 0 Å². The molecular formula is C16H35IN4O2. The smallest absolute Gasteiger partial charge is 0.190 e. The molecule has 0 aromatic heterocycles. The molecule has 1 aliphatic rings. The second-order valence-electron chi connectivity index (χ2n) is 5.52. The summed E-state index contributed by atoms with van der Waals surface area (Å²) in [5.74, 6) is 0.878. The highest BCUT2D eigenvalue weighted by Gasteiger charge is 2.15. The van der Waals surface area contributed by atoms with Gasteiger partial charge in [0.25, 0.3) is 0 Å². The van der Waals surface area contributed by atoms with Gasteiger partial charge >= 0.3 is 0 Å². The van der Waals surface area contributed by atoms with E-state index in [9.17, 15) is 0 Å². The van der Waals surface area contributed by atoms with E-state index in [1.807, 2.05) is 7.05 Å². The van der Waals surface area contributed by atoms with Crippen molar-refractivity contribution < 1.29 is 9.47 Å². The van der Waals surface area contributed by atoms with Gasteiger partial charge in [0.2, 0.25) is 0 Å². The number of hydrogen-bond acceptors (Lipinski definition) is 4. The highest BCUT2D eigenvalue weighted by atomic mass is 127. The van der Waals surface area contributed by atoms with Crippen LogP contribution in [0.1, 0.15) is 33.1 Å². The van der Waals surface area contributed by atoms with E-state index >= 15 is 0 Å². The third-order valence-corrected chi connectivity index (χ3v) is 3.92. The minimum atomic E-state index is 0. The number of halogens is 1. The Balaban J connectivity index is 0.00000484. The molecule has 0 saturated carbocycles. The number of rotatable bonds is 11. The van der Waals surface area contributed by atoms with Crippen molar-refractivity contribution in [2.45, 2.75) is 39.2 Å². The van der Waals surface area contributed by atoms with Crippen molar-refractivity contribution in [3.63, 3.8) is 0 Å². The van der Waals surface area contributed by atoms with Crippen molar-refractivity contribution >= 4 is 29.9 Å². The Morgan fingerprint density at radius 3 is 2.48 bits per heavy atom. The second-order valence-corrected chi connectivity index (χ2v) is 5.52. The third-order valence-electron chi connectivity index (χ3n) is 3.92. The Morgan fingerprint density at radius 1 is 1.22 bits per heavy atom. The molecule has 2 N–H and O–H groups in total. The van der Waals surface area contributed by atoms with Gasteiger partial charge in [-0.3, -0.25) is 4.99 Å². The molecule has 6 nitrogen and oxygen atoms in total. The normalized spacial score (nSPS) is 18.1. The molecule has 138 valence electrons. The molecule has 1 heterocycles. The predicted molar refractivity (Wildman–Crippen MR) is 107 cm³/mol. The van der Waals surface area contributed by atoms with E-state index in [0.29, 0.717) is 6.10 Å². The number of nitrogens with zero attached hydrogens (tertiary/aromatic N) is 2. The molecule has 0 aromatic rings. The molecule has 1 aliphatic heterocycles. The second kappa shape index (κ2) is 15.4. The lowest BCUT2D eigenvalue weighted by Gasteiger charge is -2.18. The highest BCUT2D eigenvalue weighted by Crippen LogP contribution is 2.07. The van der Waals surface area contributed by atoms with Crippen molar-refractivity contribution in [1.29, 1.82) is 0 Å². The monoisotopic (exact) mass is 442 g/mol. The van der Waals surface area contributed by atoms with E-state index in [2.05, 4.69) is 34.4 Å². The summed E-state index contributed by atoms with van der Waals surface area (Å²) in [5, 5.41) is 6.68. The van der Waals surface area contributed by atoms with Gasteiger partial charge < -0.3 is 25.0 Å². The number of hydrogen-bond donors (Lipinski definition) is 2. The van der Waals surface area contributed by atoms with E-state index in [1.54, 1.807) is 0 Å². The van der Waals surface area contributed by atoms with Gasteiger partial charge in [-0.25, -0.2) is 0 Å². The molecule has 23 heavy (non-hydrogen) atoms. The van der Waals surface area contributed by atoms with Crippen LogP contribution in [0.5, 0.6) is 0 Å². The maximum Gasteiger partial charge on any atom is 0.190 e. The largest absolute Gasteiger partial charge is 0.379 e. The quantitative estimate of drug-likeness (QED) is 0.221. The molecule has 1 rings (SSSR count). The summed E-state index contributed by atoms with van der Waals surface area (Å²) in [6.07, 6.45) is 3.45. The first-order chi connectivity index (χ1) is 10.8. The minimum Gasteiger partial charge on any atom is -0.379 e. The molecule has 1 saturated heterocycles. The Hall–Kier alpha value is -0.120. The van der Waals surface area contributed by atoms with Gasteiger partial charge in [-0.1, -0.05) is 13.8 Å². The first kappa shape index (κ1) is 22.9. The lowest BCUT2D eigenvalue weighted by atomic mass is 10.3. The van der Waals surface area contributed by atoms with Crippen LogP contribution in [0.25, 0.3) is 0 Å². The van der Waals surface area contributed by atoms with Crippen LogP contribution in [0.2, 0.25) is 0 Å². The number of nitrogens with one attached hydrogen (secondary N) is 2. The molecule has 1 unspecified atom stereocenters. The summed E-state index contributed by atoms with van der Waals surface area (Å²) < 4.78 is 11.0. The zero-order valence-corrected chi connectivity index (χ0v) is 17.3. The van der Waals surface area contributed by atoms with Crippen LogP contribution in [-0.2, 0) is 9.47 Å². The van der Waals surface area contributed by atoms with Crippen molar-refractivity contribution in [1.82, 2.24) is 15.5 Å². The molecule has 0 radical (unpaired) electrons. The van der Waals surface area contributed by atoms with Gasteiger partial charge in [0, 0.05) is 33.4 Å². The molecule has 1 fully saturated rings. The average molecular weight is 442 g/mol. The Bertz CT molecular complexity index is 296. The zero-order valence-electron chi connectivity index (χ0n) is 15.0. The SMILES string of the molecule is CCN(CC)CCCNC(=NC)NCCCOC1CCOC1.I. The maximum absolute atomic E-state index is 5.74. The Morgan fingerprint density at radius 2 is 1.91 bits per heavy atom. The fourth-order valence-corrected chi connectivity index (χ4v) is 2.44. The fourth-order valence-electron chi connectivity index (χ4n) is 2.44. The Kier molecular flexibility index (Phi) is 15.3. The minimum absolute atomic E-state index is 0. The fraction of sp³-hybridized carbons (Fsp3) is 0.938. The standard InChI is InChI=1S/C16H34N4O2.HI/c1-4-20(5-2)11-6-9-18-16(17-3)19-10-7-12-22-15-8-13-21-14-15;/h15H,4-14H2,1-3H3,(H2,17,18,19);1H. The molecular weight excluding hydrogens is 407 g/mol. The first-order valence-electron chi connectivity index (χ1n) is 8.66. The predicted octanol–water partition coefficient (Wildman–Crippen LogP) is 1.70. The lowest BCUT2D eigenvalue weighted by Crippen LogP contribution is -2.39. The van der Waals surface area contributed by atoms with Crippen LogP contribution in [0.15, 0.2) is 4.99 Å². The molecule has 0 aromatic carbocycles. The van der Waals surface area contributed by atoms with Gasteiger partial charge in [-0.15, -0.1) is 24.0 Å². The van der Waals surface area contributed by atoms with Crippen molar-refractivity contribution in [2.24, 2.45) is 4.99 Å². The summed E-state index contributed by atoms with van der Waals surface area (Å²) in [6.45, 7) is 12.0. The van der Waals surface area contributed by atoms with E-state index in [1.165, 1.54) is 0 Å². The summed E-state index contributed by atoms with van der Waals surface area (Å²) in [4.78, 5) is 6.67. The van der Waals surface area contributed by atoms with Crippen LogP contribution in [0, 0.1) is 0 Å².